The minimum absolute atomic E-state index is 0.0405. The van der Waals surface area contributed by atoms with Crippen LogP contribution in [0.25, 0.3) is 0 Å². The second-order valence-corrected chi connectivity index (χ2v) is 25.5. The maximum absolute atomic E-state index is 12.5. The van der Waals surface area contributed by atoms with Crippen molar-refractivity contribution in [2.75, 3.05) is 26.3 Å². The van der Waals surface area contributed by atoms with Gasteiger partial charge in [0.1, 0.15) is 11.2 Å². The number of hydrogen-bond acceptors (Lipinski definition) is 5. The van der Waals surface area contributed by atoms with Crippen molar-refractivity contribution in [2.45, 2.75) is 123 Å². The van der Waals surface area contributed by atoms with Crippen molar-refractivity contribution in [1.82, 2.24) is 4.90 Å². The maximum atomic E-state index is 12.5. The first-order valence-electron chi connectivity index (χ1n) is 14.3. The van der Waals surface area contributed by atoms with Crippen LogP contribution in [0.2, 0.25) is 46.3 Å². The molecule has 40 heavy (non-hydrogen) atoms. The molecule has 232 valence electrons. The summed E-state index contributed by atoms with van der Waals surface area (Å²) in [5.74, 6) is 0. The van der Waals surface area contributed by atoms with Crippen molar-refractivity contribution in [3.63, 3.8) is 0 Å². The molecule has 0 aliphatic carbocycles. The molecular weight excluding hydrogens is 581 g/mol. The Labute approximate surface area is 256 Å². The number of carbonyl (C=O) groups is 1. The van der Waals surface area contributed by atoms with E-state index < -0.39 is 27.8 Å². The molecule has 6 nitrogen and oxygen atoms in total. The molecule has 0 radical (unpaired) electrons. The quantitative estimate of drug-likeness (QED) is 0.315. The fourth-order valence-corrected chi connectivity index (χ4v) is 11.7. The van der Waals surface area contributed by atoms with Crippen molar-refractivity contribution in [2.24, 2.45) is 0 Å². The van der Waals surface area contributed by atoms with Crippen LogP contribution in [0.15, 0.2) is 18.2 Å². The van der Waals surface area contributed by atoms with Crippen molar-refractivity contribution in [1.29, 1.82) is 0 Å². The lowest BCUT2D eigenvalue weighted by Crippen LogP contribution is -2.53. The van der Waals surface area contributed by atoms with E-state index in [1.165, 1.54) is 0 Å². The second kappa shape index (κ2) is 13.8. The highest BCUT2D eigenvalue weighted by Gasteiger charge is 2.46. The number of ether oxygens (including phenoxy) is 2. The maximum Gasteiger partial charge on any atom is 0.410 e. The summed E-state index contributed by atoms with van der Waals surface area (Å²) < 4.78 is 18.2. The normalized spacial score (nSPS) is 19.1. The van der Waals surface area contributed by atoms with Gasteiger partial charge >= 0.3 is 6.09 Å². The molecule has 2 rings (SSSR count). The highest BCUT2D eigenvalue weighted by atomic mass is 35.5. The van der Waals surface area contributed by atoms with Crippen LogP contribution < -0.4 is 0 Å². The Balaban J connectivity index is 0.000000459. The zero-order chi connectivity index (χ0) is 31.4. The molecule has 1 aliphatic rings. The van der Waals surface area contributed by atoms with Gasteiger partial charge in [-0.15, -0.1) is 0 Å². The summed E-state index contributed by atoms with van der Waals surface area (Å²) in [4.78, 5) is 14.1. The molecule has 10 heteroatoms. The highest BCUT2D eigenvalue weighted by Crippen LogP contribution is 2.44. The third-order valence-electron chi connectivity index (χ3n) is 8.14. The first-order chi connectivity index (χ1) is 17.9. The van der Waals surface area contributed by atoms with E-state index in [4.69, 9.17) is 36.8 Å². The molecule has 0 saturated carbocycles. The Kier molecular flexibility index (Phi) is 12.9. The van der Waals surface area contributed by atoms with E-state index in [-0.39, 0.29) is 12.7 Å². The summed E-state index contributed by atoms with van der Waals surface area (Å²) in [6.45, 7) is 30.0. The van der Waals surface area contributed by atoms with Crippen molar-refractivity contribution >= 4 is 45.9 Å². The molecule has 1 heterocycles. The number of aliphatic hydroxyl groups excluding tert-OH is 1. The molecule has 1 N–H and O–H groups in total. The Morgan fingerprint density at radius 2 is 1.50 bits per heavy atom. The first kappa shape index (κ1) is 37.4. The second-order valence-electron chi connectivity index (χ2n) is 14.8. The van der Waals surface area contributed by atoms with Crippen LogP contribution in [0.3, 0.4) is 0 Å². The molecule has 1 aromatic rings. The van der Waals surface area contributed by atoms with Crippen LogP contribution in [0, 0.1) is 0 Å². The molecular formula is C30H55Cl2NO5Si2. The van der Waals surface area contributed by atoms with Gasteiger partial charge < -0.3 is 23.6 Å². The van der Waals surface area contributed by atoms with E-state index in [0.29, 0.717) is 52.7 Å². The Morgan fingerprint density at radius 3 is 1.93 bits per heavy atom. The fourth-order valence-electron chi connectivity index (χ4n) is 3.82. The summed E-state index contributed by atoms with van der Waals surface area (Å²) >= 11 is 12.2. The number of halogens is 2. The number of carbonyl (C=O) groups excluding carboxylic acids is 1. The number of morpholine rings is 1. The third-order valence-corrected chi connectivity index (χ3v) is 20.2. The van der Waals surface area contributed by atoms with Gasteiger partial charge in [-0.25, -0.2) is 4.79 Å². The lowest BCUT2D eigenvalue weighted by molar-refractivity contribution is -0.120. The number of aliphatic hydroxyl groups is 1. The monoisotopic (exact) mass is 635 g/mol. The number of rotatable bonds is 6. The number of nitrogens with zero attached hydrogens (tertiary/aromatic N) is 1. The average molecular weight is 637 g/mol. The first-order valence-corrected chi connectivity index (χ1v) is 20.8. The molecule has 1 amide bonds. The SMILES string of the molecule is CC(C)(C)OC(=O)N1CCOC(CCCO)(c2ccc(Cl)c(Cl)c2)C1.CC(C)(C)[Si](C)(C)O[Si](C)(C)C(C)(C)C. The van der Waals surface area contributed by atoms with E-state index >= 15 is 0 Å². The van der Waals surface area contributed by atoms with Crippen molar-refractivity contribution in [3.8, 4) is 0 Å². The minimum Gasteiger partial charge on any atom is -0.455 e. The van der Waals surface area contributed by atoms with Crippen LogP contribution in [0.5, 0.6) is 0 Å². The van der Waals surface area contributed by atoms with Crippen molar-refractivity contribution < 1.29 is 23.5 Å². The molecule has 1 fully saturated rings. The van der Waals surface area contributed by atoms with E-state index in [9.17, 15) is 9.90 Å². The lowest BCUT2D eigenvalue weighted by atomic mass is 9.87. The van der Waals surface area contributed by atoms with E-state index in [1.54, 1.807) is 17.0 Å². The van der Waals surface area contributed by atoms with E-state index in [0.717, 1.165) is 5.56 Å². The number of amides is 1. The summed E-state index contributed by atoms with van der Waals surface area (Å²) in [5.41, 5.74) is -0.470. The Hall–Kier alpha value is -0.616. The molecule has 0 bridgehead atoms. The predicted molar refractivity (Wildman–Crippen MR) is 174 cm³/mol. The van der Waals surface area contributed by atoms with Gasteiger partial charge in [0.05, 0.1) is 23.2 Å². The van der Waals surface area contributed by atoms with Gasteiger partial charge in [0, 0.05) is 13.2 Å². The van der Waals surface area contributed by atoms with Gasteiger partial charge in [-0.05, 0) is 87.6 Å². The molecule has 0 spiro atoms. The lowest BCUT2D eigenvalue weighted by Gasteiger charge is -2.47. The summed E-state index contributed by atoms with van der Waals surface area (Å²) in [5, 5.41) is 10.8. The molecule has 1 atom stereocenters. The van der Waals surface area contributed by atoms with Gasteiger partial charge in [0.15, 0.2) is 16.6 Å². The highest BCUT2D eigenvalue weighted by molar-refractivity contribution is 6.87. The van der Waals surface area contributed by atoms with Crippen LogP contribution in [-0.4, -0.2) is 64.6 Å². The largest absolute Gasteiger partial charge is 0.455 e. The molecule has 0 aromatic heterocycles. The van der Waals surface area contributed by atoms with Gasteiger partial charge in [0.25, 0.3) is 0 Å². The number of hydrogen-bond donors (Lipinski definition) is 1. The summed E-state index contributed by atoms with van der Waals surface area (Å²) in [6, 6.07) is 5.33. The zero-order valence-electron chi connectivity index (χ0n) is 27.3. The average Bonchev–Trinajstić information content (AvgIpc) is 2.77. The van der Waals surface area contributed by atoms with Crippen LogP contribution in [0.1, 0.15) is 80.7 Å². The van der Waals surface area contributed by atoms with Gasteiger partial charge in [-0.1, -0.05) is 70.8 Å². The zero-order valence-corrected chi connectivity index (χ0v) is 30.8. The Morgan fingerprint density at radius 1 is 0.975 bits per heavy atom. The van der Waals surface area contributed by atoms with Gasteiger partial charge in [-0.3, -0.25) is 0 Å². The number of benzene rings is 1. The van der Waals surface area contributed by atoms with Crippen molar-refractivity contribution in [3.05, 3.63) is 33.8 Å². The third kappa shape index (κ3) is 10.6. The summed E-state index contributed by atoms with van der Waals surface area (Å²) in [6.07, 6.45) is 0.729. The van der Waals surface area contributed by atoms with Gasteiger partial charge in [0.2, 0.25) is 0 Å². The smallest absolute Gasteiger partial charge is 0.410 e. The Bertz CT molecular complexity index is 960. The minimum atomic E-state index is -1.59. The predicted octanol–water partition coefficient (Wildman–Crippen LogP) is 9.24. The van der Waals surface area contributed by atoms with E-state index in [2.05, 4.69) is 67.7 Å². The fraction of sp³-hybridized carbons (Fsp3) is 0.767. The van der Waals surface area contributed by atoms with Crippen LogP contribution in [0.4, 0.5) is 4.79 Å². The van der Waals surface area contributed by atoms with Crippen LogP contribution in [-0.2, 0) is 19.2 Å². The molecule has 1 aromatic carbocycles. The molecule has 1 saturated heterocycles. The van der Waals surface area contributed by atoms with E-state index in [1.807, 2.05) is 26.8 Å². The standard InChI is InChI=1S/C18H25Cl2NO4.C12H30OSi2/c1-17(2,3)25-16(23)21-8-10-24-18(12-21,7-4-9-22)13-5-6-14(19)15(20)11-13;1-11(2,3)14(7,8)13-15(9,10)12(4,5)6/h5-6,11,22H,4,7-10,12H2,1-3H3;1-10H3. The molecule has 1 unspecified atom stereocenters. The van der Waals surface area contributed by atoms with Gasteiger partial charge in [-0.2, -0.15) is 0 Å². The van der Waals surface area contributed by atoms with Crippen LogP contribution >= 0.6 is 23.2 Å². The summed E-state index contributed by atoms with van der Waals surface area (Å²) in [7, 11) is -3.18. The topological polar surface area (TPSA) is 68.2 Å². The molecule has 1 aliphatic heterocycles.